The van der Waals surface area contributed by atoms with E-state index >= 15 is 0 Å². The van der Waals surface area contributed by atoms with Crippen LogP contribution in [-0.2, 0) is 4.74 Å². The Morgan fingerprint density at radius 3 is 3.06 bits per heavy atom. The van der Waals surface area contributed by atoms with Crippen molar-refractivity contribution in [1.29, 1.82) is 0 Å². The molecule has 0 spiro atoms. The first-order chi connectivity index (χ1) is 8.24. The van der Waals surface area contributed by atoms with E-state index in [1.54, 1.807) is 11.3 Å². The van der Waals surface area contributed by atoms with Crippen molar-refractivity contribution in [2.75, 3.05) is 19.8 Å². The summed E-state index contributed by atoms with van der Waals surface area (Å²) in [5.41, 5.74) is 0. The maximum absolute atomic E-state index is 5.25. The van der Waals surface area contributed by atoms with Crippen LogP contribution in [0, 0.1) is 0 Å². The van der Waals surface area contributed by atoms with Crippen molar-refractivity contribution in [1.82, 2.24) is 10.6 Å². The number of thiocarbonyl (C=S) groups is 1. The summed E-state index contributed by atoms with van der Waals surface area (Å²) in [5.74, 6) is 0. The van der Waals surface area contributed by atoms with Gasteiger partial charge in [0, 0.05) is 24.6 Å². The van der Waals surface area contributed by atoms with E-state index in [-0.39, 0.29) is 6.04 Å². The van der Waals surface area contributed by atoms with Crippen molar-refractivity contribution in [3.63, 3.8) is 0 Å². The Kier molecular flexibility index (Phi) is 7.16. The summed E-state index contributed by atoms with van der Waals surface area (Å²) in [4.78, 5) is 1.29. The molecular weight excluding hydrogens is 252 g/mol. The second-order valence-electron chi connectivity index (χ2n) is 3.69. The molecule has 0 radical (unpaired) electrons. The van der Waals surface area contributed by atoms with Gasteiger partial charge in [-0.1, -0.05) is 6.07 Å². The molecular formula is C12H20N2OS2. The second-order valence-corrected chi connectivity index (χ2v) is 5.08. The fourth-order valence-corrected chi connectivity index (χ4v) is 2.39. The van der Waals surface area contributed by atoms with E-state index in [4.69, 9.17) is 17.0 Å². The van der Waals surface area contributed by atoms with E-state index in [0.29, 0.717) is 5.11 Å². The molecule has 1 aromatic rings. The highest BCUT2D eigenvalue weighted by Gasteiger charge is 2.06. The molecule has 2 N–H and O–H groups in total. The zero-order valence-corrected chi connectivity index (χ0v) is 12.0. The van der Waals surface area contributed by atoms with Crippen LogP contribution in [0.5, 0.6) is 0 Å². The molecule has 17 heavy (non-hydrogen) atoms. The number of nitrogens with one attached hydrogen (secondary N) is 2. The van der Waals surface area contributed by atoms with E-state index in [1.807, 2.05) is 6.92 Å². The lowest BCUT2D eigenvalue weighted by atomic mass is 10.3. The van der Waals surface area contributed by atoms with Gasteiger partial charge in [0.2, 0.25) is 0 Å². The van der Waals surface area contributed by atoms with Gasteiger partial charge in [0.05, 0.1) is 6.04 Å². The van der Waals surface area contributed by atoms with E-state index in [1.165, 1.54) is 4.88 Å². The van der Waals surface area contributed by atoms with Gasteiger partial charge in [-0.2, -0.15) is 0 Å². The average Bonchev–Trinajstić information content (AvgIpc) is 2.82. The minimum Gasteiger partial charge on any atom is -0.382 e. The highest BCUT2D eigenvalue weighted by atomic mass is 32.1. The van der Waals surface area contributed by atoms with E-state index in [0.717, 1.165) is 26.2 Å². The first-order valence-electron chi connectivity index (χ1n) is 5.89. The van der Waals surface area contributed by atoms with Gasteiger partial charge >= 0.3 is 0 Å². The zero-order chi connectivity index (χ0) is 12.5. The lowest BCUT2D eigenvalue weighted by Crippen LogP contribution is -2.37. The van der Waals surface area contributed by atoms with Crippen LogP contribution in [0.1, 0.15) is 31.2 Å². The number of ether oxygens (including phenoxy) is 1. The molecule has 0 amide bonds. The quantitative estimate of drug-likeness (QED) is 0.591. The Hall–Kier alpha value is -0.650. The Morgan fingerprint density at radius 1 is 1.59 bits per heavy atom. The number of rotatable bonds is 7. The third kappa shape index (κ3) is 6.00. The lowest BCUT2D eigenvalue weighted by Gasteiger charge is -2.15. The van der Waals surface area contributed by atoms with Crippen LogP contribution >= 0.6 is 23.6 Å². The molecule has 0 aliphatic rings. The average molecular weight is 272 g/mol. The summed E-state index contributed by atoms with van der Waals surface area (Å²) >= 11 is 6.96. The predicted octanol–water partition coefficient (Wildman–Crippen LogP) is 2.70. The highest BCUT2D eigenvalue weighted by molar-refractivity contribution is 7.80. The van der Waals surface area contributed by atoms with Crippen LogP contribution in [0.4, 0.5) is 0 Å². The van der Waals surface area contributed by atoms with E-state index < -0.39 is 0 Å². The van der Waals surface area contributed by atoms with Crippen LogP contribution in [0.3, 0.4) is 0 Å². The fraction of sp³-hybridized carbons (Fsp3) is 0.583. The molecule has 1 rings (SSSR count). The molecule has 0 saturated heterocycles. The van der Waals surface area contributed by atoms with Gasteiger partial charge in [-0.3, -0.25) is 0 Å². The molecule has 0 bridgehead atoms. The van der Waals surface area contributed by atoms with Crippen LogP contribution in [-0.4, -0.2) is 24.9 Å². The zero-order valence-electron chi connectivity index (χ0n) is 10.4. The summed E-state index contributed by atoms with van der Waals surface area (Å²) in [6.07, 6.45) is 0.975. The van der Waals surface area contributed by atoms with Crippen LogP contribution < -0.4 is 10.6 Å². The van der Waals surface area contributed by atoms with Crippen LogP contribution in [0.2, 0.25) is 0 Å². The molecule has 1 aromatic heterocycles. The Morgan fingerprint density at radius 2 is 2.41 bits per heavy atom. The van der Waals surface area contributed by atoms with Gasteiger partial charge in [-0.15, -0.1) is 11.3 Å². The van der Waals surface area contributed by atoms with Crippen molar-refractivity contribution < 1.29 is 4.74 Å². The number of thiophene rings is 1. The van der Waals surface area contributed by atoms with Gasteiger partial charge in [-0.25, -0.2) is 0 Å². The first-order valence-corrected chi connectivity index (χ1v) is 7.18. The van der Waals surface area contributed by atoms with Gasteiger partial charge in [0.15, 0.2) is 5.11 Å². The van der Waals surface area contributed by atoms with Crippen LogP contribution in [0.15, 0.2) is 17.5 Å². The largest absolute Gasteiger partial charge is 0.382 e. The molecule has 1 heterocycles. The monoisotopic (exact) mass is 272 g/mol. The SMILES string of the molecule is CCOCCCNC(=S)NC(C)c1cccs1. The van der Waals surface area contributed by atoms with Gasteiger partial charge in [0.25, 0.3) is 0 Å². The summed E-state index contributed by atoms with van der Waals surface area (Å²) < 4.78 is 5.25. The topological polar surface area (TPSA) is 33.3 Å². The minimum atomic E-state index is 0.266. The van der Waals surface area contributed by atoms with Gasteiger partial charge in [0.1, 0.15) is 0 Å². The molecule has 0 fully saturated rings. The van der Waals surface area contributed by atoms with Gasteiger partial charge in [-0.05, 0) is 43.9 Å². The summed E-state index contributed by atoms with van der Waals surface area (Å²) in [7, 11) is 0. The molecule has 0 saturated carbocycles. The van der Waals surface area contributed by atoms with Crippen molar-refractivity contribution in [3.05, 3.63) is 22.4 Å². The molecule has 1 unspecified atom stereocenters. The molecule has 0 aliphatic carbocycles. The smallest absolute Gasteiger partial charge is 0.166 e. The normalized spacial score (nSPS) is 12.1. The molecule has 3 nitrogen and oxygen atoms in total. The maximum Gasteiger partial charge on any atom is 0.166 e. The summed E-state index contributed by atoms with van der Waals surface area (Å²) in [6, 6.07) is 4.43. The summed E-state index contributed by atoms with van der Waals surface area (Å²) in [5, 5.41) is 9.23. The standard InChI is InChI=1S/C12H20N2OS2/c1-3-15-8-5-7-13-12(16)14-10(2)11-6-4-9-17-11/h4,6,9-10H,3,5,7-8H2,1-2H3,(H2,13,14,16). The van der Waals surface area contributed by atoms with Crippen molar-refractivity contribution in [2.45, 2.75) is 26.3 Å². The lowest BCUT2D eigenvalue weighted by molar-refractivity contribution is 0.145. The molecule has 0 aromatic carbocycles. The maximum atomic E-state index is 5.25. The minimum absolute atomic E-state index is 0.266. The van der Waals surface area contributed by atoms with Crippen molar-refractivity contribution in [3.8, 4) is 0 Å². The van der Waals surface area contributed by atoms with Crippen molar-refractivity contribution in [2.24, 2.45) is 0 Å². The van der Waals surface area contributed by atoms with E-state index in [2.05, 4.69) is 35.1 Å². The van der Waals surface area contributed by atoms with E-state index in [9.17, 15) is 0 Å². The number of hydrogen-bond donors (Lipinski definition) is 2. The predicted molar refractivity (Wildman–Crippen MR) is 77.6 cm³/mol. The molecule has 96 valence electrons. The Labute approximate surface area is 113 Å². The van der Waals surface area contributed by atoms with Crippen molar-refractivity contribution >= 4 is 28.7 Å². The third-order valence-corrected chi connectivity index (χ3v) is 3.59. The number of hydrogen-bond acceptors (Lipinski definition) is 3. The van der Waals surface area contributed by atoms with Gasteiger partial charge < -0.3 is 15.4 Å². The molecule has 5 heteroatoms. The first kappa shape index (κ1) is 14.4. The summed E-state index contributed by atoms with van der Waals surface area (Å²) in [6.45, 7) is 6.52. The fourth-order valence-electron chi connectivity index (χ4n) is 1.38. The molecule has 1 atom stereocenters. The third-order valence-electron chi connectivity index (χ3n) is 2.27. The Bertz CT molecular complexity index is 314. The second kappa shape index (κ2) is 8.44. The van der Waals surface area contributed by atoms with Crippen LogP contribution in [0.25, 0.3) is 0 Å². The molecule has 0 aliphatic heterocycles. The highest BCUT2D eigenvalue weighted by Crippen LogP contribution is 2.17. The Balaban J connectivity index is 2.12.